The highest BCUT2D eigenvalue weighted by atomic mass is 32.2. The van der Waals surface area contributed by atoms with E-state index in [0.717, 1.165) is 11.8 Å². The molecule has 1 aromatic carbocycles. The predicted molar refractivity (Wildman–Crippen MR) is 90.6 cm³/mol. The molecule has 0 atom stereocenters. The van der Waals surface area contributed by atoms with E-state index in [1.807, 2.05) is 0 Å². The number of H-pyrrole nitrogens is 1. The summed E-state index contributed by atoms with van der Waals surface area (Å²) < 4.78 is 10.3. The Balaban J connectivity index is 2.02. The minimum Gasteiger partial charge on any atom is -0.550 e. The van der Waals surface area contributed by atoms with E-state index in [-0.39, 0.29) is 35.2 Å². The Morgan fingerprint density at radius 2 is 1.92 bits per heavy atom. The largest absolute Gasteiger partial charge is 0.550 e. The molecule has 1 heterocycles. The average Bonchev–Trinajstić information content (AvgIpc) is 2.64. The van der Waals surface area contributed by atoms with Crippen LogP contribution in [0.4, 0.5) is 0 Å². The lowest BCUT2D eigenvalue weighted by molar-refractivity contribution is -0.305. The summed E-state index contributed by atoms with van der Waals surface area (Å²) in [6, 6.07) is 4.81. The van der Waals surface area contributed by atoms with Gasteiger partial charge in [0.2, 0.25) is 0 Å². The van der Waals surface area contributed by atoms with Crippen LogP contribution in [0.1, 0.15) is 22.5 Å². The number of aryl methyl sites for hydroxylation is 1. The number of carbonyl (C=O) groups excluding carboxylic acids is 2. The molecule has 26 heavy (non-hydrogen) atoms. The zero-order valence-corrected chi connectivity index (χ0v) is 14.9. The molecule has 0 saturated heterocycles. The molecule has 0 aliphatic heterocycles. The fraction of sp³-hybridized carbons (Fsp3) is 0.312. The molecule has 10 heteroatoms. The molecule has 2 rings (SSSR count). The maximum atomic E-state index is 12.3. The zero-order valence-electron chi connectivity index (χ0n) is 14.1. The van der Waals surface area contributed by atoms with Gasteiger partial charge < -0.3 is 19.4 Å². The first-order valence-corrected chi connectivity index (χ1v) is 8.47. The van der Waals surface area contributed by atoms with Crippen molar-refractivity contribution in [3.8, 4) is 11.5 Å². The summed E-state index contributed by atoms with van der Waals surface area (Å²) >= 11 is 1.01. The van der Waals surface area contributed by atoms with Gasteiger partial charge in [-0.3, -0.25) is 14.6 Å². The van der Waals surface area contributed by atoms with Gasteiger partial charge in [-0.1, -0.05) is 11.8 Å². The maximum absolute atomic E-state index is 12.3. The SMILES string of the molecule is COc1ccc(C(=O)CSc2nnc(CCC(=O)[O-])c(=O)[nH]2)cc1OC. The Kier molecular flexibility index (Phi) is 6.73. The molecule has 0 aliphatic rings. The first-order valence-electron chi connectivity index (χ1n) is 7.48. The number of aromatic nitrogens is 3. The number of nitrogens with zero attached hydrogens (tertiary/aromatic N) is 2. The number of thioether (sulfide) groups is 1. The van der Waals surface area contributed by atoms with E-state index < -0.39 is 11.5 Å². The van der Waals surface area contributed by atoms with Crippen molar-refractivity contribution in [2.75, 3.05) is 20.0 Å². The van der Waals surface area contributed by atoms with Crippen molar-refractivity contribution in [2.45, 2.75) is 18.0 Å². The highest BCUT2D eigenvalue weighted by molar-refractivity contribution is 7.99. The van der Waals surface area contributed by atoms with E-state index >= 15 is 0 Å². The van der Waals surface area contributed by atoms with Gasteiger partial charge in [-0.2, -0.15) is 0 Å². The van der Waals surface area contributed by atoms with E-state index in [2.05, 4.69) is 15.2 Å². The van der Waals surface area contributed by atoms with Gasteiger partial charge in [0.05, 0.1) is 20.0 Å². The second-order valence-electron chi connectivity index (χ2n) is 5.06. The molecule has 1 N–H and O–H groups in total. The molecular weight excluding hydrogens is 362 g/mol. The first-order chi connectivity index (χ1) is 12.4. The van der Waals surface area contributed by atoms with Crippen LogP contribution >= 0.6 is 11.8 Å². The van der Waals surface area contributed by atoms with Gasteiger partial charge in [0.25, 0.3) is 5.56 Å². The summed E-state index contributed by atoms with van der Waals surface area (Å²) in [5.74, 6) is -0.490. The van der Waals surface area contributed by atoms with E-state index in [4.69, 9.17) is 9.47 Å². The molecule has 1 aromatic heterocycles. The van der Waals surface area contributed by atoms with E-state index in [9.17, 15) is 19.5 Å². The summed E-state index contributed by atoms with van der Waals surface area (Å²) in [7, 11) is 2.98. The molecule has 0 radical (unpaired) electrons. The summed E-state index contributed by atoms with van der Waals surface area (Å²) in [6.07, 6.45) is -0.387. The molecule has 0 amide bonds. The van der Waals surface area contributed by atoms with Crippen molar-refractivity contribution in [1.82, 2.24) is 15.2 Å². The number of nitrogens with one attached hydrogen (secondary N) is 1. The molecule has 0 spiro atoms. The Morgan fingerprint density at radius 1 is 1.19 bits per heavy atom. The van der Waals surface area contributed by atoms with Crippen molar-refractivity contribution in [3.05, 3.63) is 39.8 Å². The third kappa shape index (κ3) is 5.06. The molecule has 0 bridgehead atoms. The summed E-state index contributed by atoms with van der Waals surface area (Å²) in [6.45, 7) is 0. The van der Waals surface area contributed by atoms with Gasteiger partial charge >= 0.3 is 0 Å². The topological polar surface area (TPSA) is 134 Å². The van der Waals surface area contributed by atoms with E-state index in [1.54, 1.807) is 18.2 Å². The molecule has 9 nitrogen and oxygen atoms in total. The number of aromatic amines is 1. The quantitative estimate of drug-likeness (QED) is 0.466. The Bertz CT molecular complexity index is 867. The van der Waals surface area contributed by atoms with Crippen molar-refractivity contribution in [3.63, 3.8) is 0 Å². The van der Waals surface area contributed by atoms with E-state index in [0.29, 0.717) is 17.1 Å². The zero-order chi connectivity index (χ0) is 19.1. The molecule has 0 fully saturated rings. The first kappa shape index (κ1) is 19.4. The van der Waals surface area contributed by atoms with Crippen molar-refractivity contribution >= 4 is 23.5 Å². The van der Waals surface area contributed by atoms with Crippen LogP contribution in [-0.2, 0) is 11.2 Å². The highest BCUT2D eigenvalue weighted by Gasteiger charge is 2.13. The third-order valence-electron chi connectivity index (χ3n) is 3.36. The van der Waals surface area contributed by atoms with Gasteiger partial charge in [-0.05, 0) is 24.6 Å². The Morgan fingerprint density at radius 3 is 2.54 bits per heavy atom. The lowest BCUT2D eigenvalue weighted by Crippen LogP contribution is -2.25. The smallest absolute Gasteiger partial charge is 0.273 e. The lowest BCUT2D eigenvalue weighted by atomic mass is 10.1. The molecule has 0 saturated carbocycles. The van der Waals surface area contributed by atoms with Crippen LogP contribution in [0.15, 0.2) is 28.2 Å². The average molecular weight is 378 g/mol. The Hall–Kier alpha value is -2.88. The number of benzene rings is 1. The number of rotatable bonds is 9. The van der Waals surface area contributed by atoms with Crippen LogP contribution in [0.2, 0.25) is 0 Å². The van der Waals surface area contributed by atoms with Gasteiger partial charge in [0.15, 0.2) is 22.4 Å². The standard InChI is InChI=1S/C16H17N3O6S/c1-24-12-5-3-9(7-13(12)25-2)11(20)8-26-16-17-15(23)10(18-19-16)4-6-14(21)22/h3,5,7H,4,6,8H2,1-2H3,(H,21,22)(H,17,19,23)/p-1. The van der Waals surface area contributed by atoms with Crippen LogP contribution in [0.25, 0.3) is 0 Å². The normalized spacial score (nSPS) is 10.4. The number of carboxylic acid groups (broad SMARTS) is 1. The lowest BCUT2D eigenvalue weighted by Gasteiger charge is -2.09. The minimum absolute atomic E-state index is 0.00441. The monoisotopic (exact) mass is 378 g/mol. The molecule has 0 unspecified atom stereocenters. The molecule has 138 valence electrons. The van der Waals surface area contributed by atoms with Crippen LogP contribution in [0.3, 0.4) is 0 Å². The van der Waals surface area contributed by atoms with Crippen LogP contribution in [0, 0.1) is 0 Å². The number of Topliss-reactive ketones (excluding diaryl/α,β-unsaturated/α-hetero) is 1. The van der Waals surface area contributed by atoms with Crippen molar-refractivity contribution < 1.29 is 24.2 Å². The Labute approximate surface area is 152 Å². The molecular formula is C16H16N3O6S-. The summed E-state index contributed by atoms with van der Waals surface area (Å²) in [5.41, 5.74) is -0.108. The van der Waals surface area contributed by atoms with E-state index in [1.165, 1.54) is 14.2 Å². The second-order valence-corrected chi connectivity index (χ2v) is 6.02. The number of carbonyl (C=O) groups is 2. The van der Waals surface area contributed by atoms with Gasteiger partial charge in [0, 0.05) is 18.0 Å². The van der Waals surface area contributed by atoms with Gasteiger partial charge in [-0.15, -0.1) is 10.2 Å². The third-order valence-corrected chi connectivity index (χ3v) is 4.22. The fourth-order valence-corrected chi connectivity index (χ4v) is 2.72. The number of aliphatic carboxylic acids is 1. The number of carboxylic acids is 1. The van der Waals surface area contributed by atoms with Crippen molar-refractivity contribution in [2.24, 2.45) is 0 Å². The molecule has 2 aromatic rings. The number of methoxy groups -OCH3 is 2. The number of hydrogen-bond donors (Lipinski definition) is 1. The van der Waals surface area contributed by atoms with Crippen LogP contribution in [-0.4, -0.2) is 46.9 Å². The van der Waals surface area contributed by atoms with Gasteiger partial charge in [-0.25, -0.2) is 0 Å². The second kappa shape index (κ2) is 8.99. The number of ether oxygens (including phenoxy) is 2. The maximum Gasteiger partial charge on any atom is 0.273 e. The number of hydrogen-bond acceptors (Lipinski definition) is 9. The van der Waals surface area contributed by atoms with Gasteiger partial charge in [0.1, 0.15) is 5.69 Å². The van der Waals surface area contributed by atoms with Crippen molar-refractivity contribution in [1.29, 1.82) is 0 Å². The highest BCUT2D eigenvalue weighted by Crippen LogP contribution is 2.28. The minimum atomic E-state index is -1.27. The fourth-order valence-electron chi connectivity index (χ4n) is 2.02. The molecule has 0 aliphatic carbocycles. The van der Waals surface area contributed by atoms with Crippen LogP contribution in [0.5, 0.6) is 11.5 Å². The van der Waals surface area contributed by atoms with Crippen LogP contribution < -0.4 is 20.1 Å². The summed E-state index contributed by atoms with van der Waals surface area (Å²) in [5, 5.41) is 18.1. The summed E-state index contributed by atoms with van der Waals surface area (Å²) in [4.78, 5) is 37.0. The number of ketones is 1. The predicted octanol–water partition coefficient (Wildman–Crippen LogP) is -0.160.